The van der Waals surface area contributed by atoms with Gasteiger partial charge in [0.05, 0.1) is 6.42 Å². The van der Waals surface area contributed by atoms with Crippen LogP contribution in [0.5, 0.6) is 0 Å². The van der Waals surface area contributed by atoms with Crippen LogP contribution >= 0.6 is 11.3 Å². The van der Waals surface area contributed by atoms with E-state index in [9.17, 15) is 4.79 Å². The highest BCUT2D eigenvalue weighted by atomic mass is 32.1. The number of hydrogen-bond donors (Lipinski definition) is 1. The SMILES string of the molecule is O=C(Cc1ccccc1)Nc1nnc(Cc2ccccc2)s1. The molecule has 22 heavy (non-hydrogen) atoms. The molecule has 0 aliphatic carbocycles. The summed E-state index contributed by atoms with van der Waals surface area (Å²) in [5.41, 5.74) is 2.16. The van der Waals surface area contributed by atoms with Gasteiger partial charge in [-0.15, -0.1) is 10.2 Å². The maximum absolute atomic E-state index is 12.0. The maximum atomic E-state index is 12.0. The van der Waals surface area contributed by atoms with E-state index in [1.165, 1.54) is 16.9 Å². The average molecular weight is 309 g/mol. The molecule has 1 N–H and O–H groups in total. The van der Waals surface area contributed by atoms with E-state index >= 15 is 0 Å². The van der Waals surface area contributed by atoms with E-state index in [2.05, 4.69) is 27.6 Å². The van der Waals surface area contributed by atoms with E-state index in [-0.39, 0.29) is 5.91 Å². The van der Waals surface area contributed by atoms with Gasteiger partial charge in [-0.25, -0.2) is 0 Å². The number of carbonyl (C=O) groups is 1. The van der Waals surface area contributed by atoms with Crippen LogP contribution in [0.1, 0.15) is 16.1 Å². The summed E-state index contributed by atoms with van der Waals surface area (Å²) in [4.78, 5) is 12.0. The standard InChI is InChI=1S/C17H15N3OS/c21-15(11-13-7-3-1-4-8-13)18-17-20-19-16(22-17)12-14-9-5-2-6-10-14/h1-10H,11-12H2,(H,18,20,21). The predicted molar refractivity (Wildman–Crippen MR) is 87.9 cm³/mol. The molecule has 0 bridgehead atoms. The van der Waals surface area contributed by atoms with Crippen LogP contribution in [0.2, 0.25) is 0 Å². The molecule has 0 fully saturated rings. The topological polar surface area (TPSA) is 54.9 Å². The fourth-order valence-electron chi connectivity index (χ4n) is 2.09. The molecule has 5 heteroatoms. The Morgan fingerprint density at radius 3 is 2.23 bits per heavy atom. The van der Waals surface area contributed by atoms with Gasteiger partial charge in [0, 0.05) is 6.42 Å². The Bertz CT molecular complexity index is 741. The lowest BCUT2D eigenvalue weighted by atomic mass is 10.1. The molecule has 110 valence electrons. The second kappa shape index (κ2) is 6.95. The third-order valence-electron chi connectivity index (χ3n) is 3.12. The summed E-state index contributed by atoms with van der Waals surface area (Å²) >= 11 is 1.41. The first-order valence-electron chi connectivity index (χ1n) is 7.00. The third kappa shape index (κ3) is 3.99. The van der Waals surface area contributed by atoms with Crippen LogP contribution in [0.4, 0.5) is 5.13 Å². The molecule has 0 saturated heterocycles. The first kappa shape index (κ1) is 14.4. The Morgan fingerprint density at radius 2 is 1.55 bits per heavy atom. The van der Waals surface area contributed by atoms with Crippen molar-refractivity contribution in [1.29, 1.82) is 0 Å². The lowest BCUT2D eigenvalue weighted by Crippen LogP contribution is -2.14. The maximum Gasteiger partial charge on any atom is 0.230 e. The quantitative estimate of drug-likeness (QED) is 0.786. The van der Waals surface area contributed by atoms with E-state index < -0.39 is 0 Å². The van der Waals surface area contributed by atoms with Gasteiger partial charge in [0.25, 0.3) is 0 Å². The predicted octanol–water partition coefficient (Wildman–Crippen LogP) is 3.31. The van der Waals surface area contributed by atoms with Gasteiger partial charge in [-0.1, -0.05) is 72.0 Å². The normalized spacial score (nSPS) is 10.4. The van der Waals surface area contributed by atoms with Crippen LogP contribution in [0.15, 0.2) is 60.7 Å². The van der Waals surface area contributed by atoms with Crippen molar-refractivity contribution in [2.45, 2.75) is 12.8 Å². The largest absolute Gasteiger partial charge is 0.300 e. The molecular formula is C17H15N3OS. The smallest absolute Gasteiger partial charge is 0.230 e. The highest BCUT2D eigenvalue weighted by molar-refractivity contribution is 7.15. The summed E-state index contributed by atoms with van der Waals surface area (Å²) in [6.45, 7) is 0. The third-order valence-corrected chi connectivity index (χ3v) is 3.96. The van der Waals surface area contributed by atoms with Crippen molar-refractivity contribution in [3.05, 3.63) is 76.8 Å². The van der Waals surface area contributed by atoms with Gasteiger partial charge in [-0.05, 0) is 11.1 Å². The van der Waals surface area contributed by atoms with E-state index in [1.807, 2.05) is 48.5 Å². The van der Waals surface area contributed by atoms with E-state index in [0.717, 1.165) is 17.0 Å². The lowest BCUT2D eigenvalue weighted by Gasteiger charge is -2.00. The van der Waals surface area contributed by atoms with Gasteiger partial charge in [0.1, 0.15) is 5.01 Å². The molecule has 3 rings (SSSR count). The Kier molecular flexibility index (Phi) is 4.56. The van der Waals surface area contributed by atoms with E-state index in [4.69, 9.17) is 0 Å². The number of nitrogens with zero attached hydrogens (tertiary/aromatic N) is 2. The highest BCUT2D eigenvalue weighted by Crippen LogP contribution is 2.18. The molecule has 4 nitrogen and oxygen atoms in total. The monoisotopic (exact) mass is 309 g/mol. The molecule has 0 aliphatic rings. The van der Waals surface area contributed by atoms with E-state index in [0.29, 0.717) is 11.6 Å². The second-order valence-corrected chi connectivity index (χ2v) is 5.94. The minimum Gasteiger partial charge on any atom is -0.300 e. The number of aromatic nitrogens is 2. The number of nitrogens with one attached hydrogen (secondary N) is 1. The molecule has 1 heterocycles. The zero-order valence-corrected chi connectivity index (χ0v) is 12.7. The molecule has 0 spiro atoms. The van der Waals surface area contributed by atoms with Gasteiger partial charge in [-0.3, -0.25) is 4.79 Å². The zero-order chi connectivity index (χ0) is 15.2. The van der Waals surface area contributed by atoms with Crippen LogP contribution in [0.3, 0.4) is 0 Å². The molecule has 0 unspecified atom stereocenters. The van der Waals surface area contributed by atoms with Crippen molar-refractivity contribution in [3.63, 3.8) is 0 Å². The average Bonchev–Trinajstić information content (AvgIpc) is 2.96. The highest BCUT2D eigenvalue weighted by Gasteiger charge is 2.09. The number of hydrogen-bond acceptors (Lipinski definition) is 4. The summed E-state index contributed by atoms with van der Waals surface area (Å²) in [7, 11) is 0. The van der Waals surface area contributed by atoms with Crippen LogP contribution in [0, 0.1) is 0 Å². The van der Waals surface area contributed by atoms with Crippen molar-refractivity contribution in [2.75, 3.05) is 5.32 Å². The summed E-state index contributed by atoms with van der Waals surface area (Å²) < 4.78 is 0. The van der Waals surface area contributed by atoms with Crippen LogP contribution in [-0.4, -0.2) is 16.1 Å². The first-order valence-corrected chi connectivity index (χ1v) is 7.81. The van der Waals surface area contributed by atoms with Crippen molar-refractivity contribution in [1.82, 2.24) is 10.2 Å². The summed E-state index contributed by atoms with van der Waals surface area (Å²) in [6.07, 6.45) is 1.07. The molecule has 1 aromatic heterocycles. The van der Waals surface area contributed by atoms with Crippen LogP contribution in [0.25, 0.3) is 0 Å². The second-order valence-electron chi connectivity index (χ2n) is 4.87. The zero-order valence-electron chi connectivity index (χ0n) is 11.9. The summed E-state index contributed by atoms with van der Waals surface area (Å²) in [5, 5.41) is 12.4. The number of amides is 1. The number of benzene rings is 2. The lowest BCUT2D eigenvalue weighted by molar-refractivity contribution is -0.115. The fraction of sp³-hybridized carbons (Fsp3) is 0.118. The minimum atomic E-state index is -0.0754. The Labute approximate surface area is 132 Å². The van der Waals surface area contributed by atoms with Gasteiger partial charge in [0.15, 0.2) is 0 Å². The number of anilines is 1. The van der Waals surface area contributed by atoms with Crippen molar-refractivity contribution < 1.29 is 4.79 Å². The number of carbonyl (C=O) groups excluding carboxylic acids is 1. The van der Waals surface area contributed by atoms with Gasteiger partial charge >= 0.3 is 0 Å². The first-order chi connectivity index (χ1) is 10.8. The van der Waals surface area contributed by atoms with Crippen molar-refractivity contribution >= 4 is 22.4 Å². The molecule has 2 aromatic carbocycles. The molecular weight excluding hydrogens is 294 g/mol. The molecule has 0 radical (unpaired) electrons. The summed E-state index contributed by atoms with van der Waals surface area (Å²) in [5.74, 6) is -0.0754. The van der Waals surface area contributed by atoms with Gasteiger partial charge in [0.2, 0.25) is 11.0 Å². The molecule has 0 aliphatic heterocycles. The minimum absolute atomic E-state index is 0.0754. The van der Waals surface area contributed by atoms with Crippen molar-refractivity contribution in [2.24, 2.45) is 0 Å². The Balaban J connectivity index is 1.58. The van der Waals surface area contributed by atoms with E-state index in [1.54, 1.807) is 0 Å². The molecule has 3 aromatic rings. The van der Waals surface area contributed by atoms with Crippen LogP contribution < -0.4 is 5.32 Å². The molecule has 0 atom stereocenters. The van der Waals surface area contributed by atoms with Crippen molar-refractivity contribution in [3.8, 4) is 0 Å². The summed E-state index contributed by atoms with van der Waals surface area (Å²) in [6, 6.07) is 19.7. The number of rotatable bonds is 5. The van der Waals surface area contributed by atoms with Gasteiger partial charge in [-0.2, -0.15) is 0 Å². The Hall–Kier alpha value is -2.53. The fourth-order valence-corrected chi connectivity index (χ4v) is 2.88. The van der Waals surface area contributed by atoms with Crippen LogP contribution in [-0.2, 0) is 17.6 Å². The Morgan fingerprint density at radius 1 is 0.909 bits per heavy atom. The molecule has 0 saturated carbocycles. The molecule has 1 amide bonds. The van der Waals surface area contributed by atoms with Gasteiger partial charge < -0.3 is 5.32 Å².